The lowest BCUT2D eigenvalue weighted by Crippen LogP contribution is -2.51. The largest absolute Gasteiger partial charge is 0.452 e. The standard InChI is InChI=1S/C21H24F3NO3/c22-21(23,24)17-4-2-1-3-16(17)19(27)28-11-18(26)25-12-20-8-13-5-14(9-20)7-15(6-13)10-20/h1-4,13-15H,5-12H2,(H,25,26). The fraction of sp³-hybridized carbons (Fsp3) is 0.619. The number of halogens is 3. The quantitative estimate of drug-likeness (QED) is 0.761. The molecular formula is C21H24F3NO3. The van der Waals surface area contributed by atoms with E-state index in [1.54, 1.807) is 0 Å². The van der Waals surface area contributed by atoms with Gasteiger partial charge in [0.1, 0.15) is 0 Å². The van der Waals surface area contributed by atoms with Crippen LogP contribution in [0.3, 0.4) is 0 Å². The lowest BCUT2D eigenvalue weighted by Gasteiger charge is -2.56. The van der Waals surface area contributed by atoms with Crippen molar-refractivity contribution in [2.75, 3.05) is 13.2 Å². The summed E-state index contributed by atoms with van der Waals surface area (Å²) in [5, 5.41) is 2.85. The summed E-state index contributed by atoms with van der Waals surface area (Å²) in [6, 6.07) is 4.42. The molecule has 1 aromatic carbocycles. The Bertz CT molecular complexity index is 739. The zero-order chi connectivity index (χ0) is 19.9. The van der Waals surface area contributed by atoms with Crippen LogP contribution in [0, 0.1) is 23.2 Å². The van der Waals surface area contributed by atoms with Crippen LogP contribution in [0.15, 0.2) is 24.3 Å². The Morgan fingerprint density at radius 1 is 1.04 bits per heavy atom. The van der Waals surface area contributed by atoms with Crippen molar-refractivity contribution in [1.82, 2.24) is 5.32 Å². The first-order valence-corrected chi connectivity index (χ1v) is 9.84. The normalized spacial score (nSPS) is 30.9. The van der Waals surface area contributed by atoms with E-state index in [1.807, 2.05) is 0 Å². The number of esters is 1. The molecular weight excluding hydrogens is 371 g/mol. The first-order valence-electron chi connectivity index (χ1n) is 9.84. The molecule has 0 heterocycles. The third-order valence-electron chi connectivity index (χ3n) is 6.61. The summed E-state index contributed by atoms with van der Waals surface area (Å²) in [5.74, 6) is 0.686. The molecule has 4 bridgehead atoms. The molecule has 0 aromatic heterocycles. The Morgan fingerprint density at radius 3 is 2.18 bits per heavy atom. The lowest BCUT2D eigenvalue weighted by molar-refractivity contribution is -0.138. The molecule has 4 saturated carbocycles. The number of hydrogen-bond acceptors (Lipinski definition) is 3. The molecule has 4 nitrogen and oxygen atoms in total. The van der Waals surface area contributed by atoms with Crippen molar-refractivity contribution in [2.45, 2.75) is 44.7 Å². The van der Waals surface area contributed by atoms with E-state index < -0.39 is 35.8 Å². The monoisotopic (exact) mass is 395 g/mol. The summed E-state index contributed by atoms with van der Waals surface area (Å²) in [4.78, 5) is 24.2. The minimum absolute atomic E-state index is 0.150. The molecule has 0 spiro atoms. The van der Waals surface area contributed by atoms with Crippen molar-refractivity contribution in [2.24, 2.45) is 23.2 Å². The highest BCUT2D eigenvalue weighted by atomic mass is 19.4. The van der Waals surface area contributed by atoms with Gasteiger partial charge in [0, 0.05) is 6.54 Å². The molecule has 4 aliphatic carbocycles. The molecule has 0 unspecified atom stereocenters. The van der Waals surface area contributed by atoms with Gasteiger partial charge in [-0.3, -0.25) is 4.79 Å². The summed E-state index contributed by atoms with van der Waals surface area (Å²) in [6.07, 6.45) is 2.68. The molecule has 152 valence electrons. The number of nitrogens with one attached hydrogen (secondary N) is 1. The predicted molar refractivity (Wildman–Crippen MR) is 95.3 cm³/mol. The van der Waals surface area contributed by atoms with Gasteiger partial charge in [0.2, 0.25) is 0 Å². The predicted octanol–water partition coefficient (Wildman–Crippen LogP) is 4.19. The van der Waals surface area contributed by atoms with E-state index in [4.69, 9.17) is 4.74 Å². The van der Waals surface area contributed by atoms with Gasteiger partial charge in [-0.05, 0) is 73.8 Å². The van der Waals surface area contributed by atoms with Gasteiger partial charge in [-0.1, -0.05) is 12.1 Å². The van der Waals surface area contributed by atoms with Gasteiger partial charge in [-0.2, -0.15) is 13.2 Å². The van der Waals surface area contributed by atoms with Gasteiger partial charge in [0.05, 0.1) is 11.1 Å². The molecule has 4 aliphatic rings. The summed E-state index contributed by atoms with van der Waals surface area (Å²) in [7, 11) is 0. The Morgan fingerprint density at radius 2 is 1.61 bits per heavy atom. The number of carbonyl (C=O) groups excluding carboxylic acids is 2. The maximum atomic E-state index is 13.0. The van der Waals surface area contributed by atoms with Gasteiger partial charge < -0.3 is 10.1 Å². The second-order valence-electron chi connectivity index (χ2n) is 8.81. The van der Waals surface area contributed by atoms with Crippen molar-refractivity contribution >= 4 is 11.9 Å². The summed E-state index contributed by atoms with van der Waals surface area (Å²) >= 11 is 0. The third kappa shape index (κ3) is 3.89. The first kappa shape index (κ1) is 19.3. The van der Waals surface area contributed by atoms with E-state index >= 15 is 0 Å². The average Bonchev–Trinajstić information content (AvgIpc) is 2.63. The Labute approximate surface area is 161 Å². The highest BCUT2D eigenvalue weighted by molar-refractivity contribution is 5.93. The first-order chi connectivity index (χ1) is 13.2. The minimum atomic E-state index is -4.66. The zero-order valence-electron chi connectivity index (χ0n) is 15.6. The minimum Gasteiger partial charge on any atom is -0.452 e. The summed E-state index contributed by atoms with van der Waals surface area (Å²) < 4.78 is 43.8. The van der Waals surface area contributed by atoms with Gasteiger partial charge in [0.15, 0.2) is 6.61 Å². The number of rotatable bonds is 5. The summed E-state index contributed by atoms with van der Waals surface area (Å²) in [5.41, 5.74) is -1.49. The van der Waals surface area contributed by atoms with Gasteiger partial charge >= 0.3 is 12.1 Å². The number of hydrogen-bond donors (Lipinski definition) is 1. The van der Waals surface area contributed by atoms with Crippen LogP contribution in [0.5, 0.6) is 0 Å². The maximum Gasteiger partial charge on any atom is 0.417 e. The highest BCUT2D eigenvalue weighted by Crippen LogP contribution is 2.59. The van der Waals surface area contributed by atoms with E-state index in [0.717, 1.165) is 49.1 Å². The van der Waals surface area contributed by atoms with E-state index in [1.165, 1.54) is 31.4 Å². The van der Waals surface area contributed by atoms with Crippen LogP contribution in [-0.4, -0.2) is 25.0 Å². The van der Waals surface area contributed by atoms with E-state index in [0.29, 0.717) is 6.54 Å². The van der Waals surface area contributed by atoms with Gasteiger partial charge in [-0.15, -0.1) is 0 Å². The number of alkyl halides is 3. The molecule has 0 aliphatic heterocycles. The van der Waals surface area contributed by atoms with Gasteiger partial charge in [0.25, 0.3) is 5.91 Å². The molecule has 7 heteroatoms. The molecule has 4 fully saturated rings. The van der Waals surface area contributed by atoms with Crippen LogP contribution >= 0.6 is 0 Å². The highest BCUT2D eigenvalue weighted by Gasteiger charge is 2.50. The SMILES string of the molecule is O=C(COC(=O)c1ccccc1C(F)(F)F)NCC12CC3CC(CC(C3)C1)C2. The molecule has 0 saturated heterocycles. The van der Waals surface area contributed by atoms with Crippen molar-refractivity contribution in [3.63, 3.8) is 0 Å². The molecule has 0 atom stereocenters. The molecule has 28 heavy (non-hydrogen) atoms. The number of benzene rings is 1. The smallest absolute Gasteiger partial charge is 0.417 e. The van der Waals surface area contributed by atoms with Crippen molar-refractivity contribution < 1.29 is 27.5 Å². The summed E-state index contributed by atoms with van der Waals surface area (Å²) in [6.45, 7) is -0.0105. The van der Waals surface area contributed by atoms with Crippen molar-refractivity contribution in [1.29, 1.82) is 0 Å². The Balaban J connectivity index is 1.30. The van der Waals surface area contributed by atoms with Gasteiger partial charge in [-0.25, -0.2) is 4.79 Å². The van der Waals surface area contributed by atoms with E-state index in [9.17, 15) is 22.8 Å². The number of ether oxygens (including phenoxy) is 1. The Hall–Kier alpha value is -2.05. The number of carbonyl (C=O) groups is 2. The average molecular weight is 395 g/mol. The topological polar surface area (TPSA) is 55.4 Å². The molecule has 1 amide bonds. The van der Waals surface area contributed by atoms with Crippen LogP contribution in [0.1, 0.15) is 54.4 Å². The molecule has 1 N–H and O–H groups in total. The second kappa shape index (κ2) is 7.08. The second-order valence-corrected chi connectivity index (χ2v) is 8.81. The van der Waals surface area contributed by atoms with Crippen LogP contribution in [-0.2, 0) is 15.7 Å². The van der Waals surface area contributed by atoms with Crippen LogP contribution in [0.4, 0.5) is 13.2 Å². The number of amides is 1. The maximum absolute atomic E-state index is 13.0. The lowest BCUT2D eigenvalue weighted by atomic mass is 9.49. The Kier molecular flexibility index (Phi) is 4.88. The van der Waals surface area contributed by atoms with Crippen molar-refractivity contribution in [3.8, 4) is 0 Å². The van der Waals surface area contributed by atoms with E-state index in [2.05, 4.69) is 5.32 Å². The third-order valence-corrected chi connectivity index (χ3v) is 6.61. The fourth-order valence-corrected chi connectivity index (χ4v) is 5.96. The van der Waals surface area contributed by atoms with Crippen LogP contribution in [0.2, 0.25) is 0 Å². The fourth-order valence-electron chi connectivity index (χ4n) is 5.96. The zero-order valence-corrected chi connectivity index (χ0v) is 15.6. The molecule has 5 rings (SSSR count). The van der Waals surface area contributed by atoms with Crippen molar-refractivity contribution in [3.05, 3.63) is 35.4 Å². The van der Waals surface area contributed by atoms with Crippen LogP contribution in [0.25, 0.3) is 0 Å². The molecule has 0 radical (unpaired) electrons. The molecule has 1 aromatic rings. The van der Waals surface area contributed by atoms with E-state index in [-0.39, 0.29) is 5.41 Å². The van der Waals surface area contributed by atoms with Crippen LogP contribution < -0.4 is 5.32 Å².